The molecule has 0 radical (unpaired) electrons. The smallest absolute Gasteiger partial charge is 0.174 e. The van der Waals surface area contributed by atoms with Gasteiger partial charge in [-0.3, -0.25) is 11.5 Å². The fraction of sp³-hybridized carbons (Fsp3) is 0.714. The first-order valence-corrected chi connectivity index (χ1v) is 12.7. The van der Waals surface area contributed by atoms with Crippen LogP contribution in [0.4, 0.5) is 5.69 Å². The van der Waals surface area contributed by atoms with Crippen LogP contribution >= 0.6 is 0 Å². The monoisotopic (exact) mass is 587 g/mol. The summed E-state index contributed by atoms with van der Waals surface area (Å²) in [4.78, 5) is 10.8. The van der Waals surface area contributed by atoms with Crippen molar-refractivity contribution in [2.45, 2.75) is 84.1 Å². The molecule has 0 aliphatic heterocycles. The Bertz CT molecular complexity index is 1020. The number of nitrogens with zero attached hydrogens (tertiary/aromatic N) is 1. The first-order chi connectivity index (χ1) is 18.2. The highest BCUT2D eigenvalue weighted by molar-refractivity contribution is 5.48. The van der Waals surface area contributed by atoms with Gasteiger partial charge >= 0.3 is 0 Å². The zero-order valence-electron chi connectivity index (χ0n) is 23.6. The first-order valence-electron chi connectivity index (χ1n) is 12.7. The normalized spacial score (nSPS) is 16.1. The molecule has 0 fully saturated rings. The Morgan fingerprint density at radius 3 is 1.54 bits per heavy atom. The average Bonchev–Trinajstić information content (AvgIpc) is 2.83. The number of benzene rings is 1. The van der Waals surface area contributed by atoms with Crippen molar-refractivity contribution in [3.8, 4) is 0 Å². The summed E-state index contributed by atoms with van der Waals surface area (Å²) in [7, 11) is 0. The van der Waals surface area contributed by atoms with Crippen LogP contribution in [0.1, 0.15) is 31.7 Å². The molecule has 0 aromatic heterocycles. The van der Waals surface area contributed by atoms with E-state index in [1.165, 1.54) is 0 Å². The van der Waals surface area contributed by atoms with E-state index < -0.39 is 51.5 Å². The Morgan fingerprint density at radius 2 is 1.12 bits per heavy atom. The Balaban J connectivity index is 3.30. The number of rotatable bonds is 16. The van der Waals surface area contributed by atoms with Crippen LogP contribution in [0.15, 0.2) is 29.4 Å². The minimum Gasteiger partial charge on any atom is -0.353 e. The van der Waals surface area contributed by atoms with Crippen molar-refractivity contribution in [1.29, 1.82) is 0 Å². The minimum absolute atomic E-state index is 0.0149. The van der Waals surface area contributed by atoms with Crippen molar-refractivity contribution >= 4 is 5.69 Å². The van der Waals surface area contributed by atoms with E-state index in [1.807, 2.05) is 6.92 Å². The fourth-order valence-corrected chi connectivity index (χ4v) is 4.40. The summed E-state index contributed by atoms with van der Waals surface area (Å²) in [6.07, 6.45) is 0.998. The van der Waals surface area contributed by atoms with E-state index in [9.17, 15) is 4.91 Å². The van der Waals surface area contributed by atoms with Crippen LogP contribution in [0.25, 0.3) is 0 Å². The third kappa shape index (κ3) is 6.48. The van der Waals surface area contributed by atoms with Gasteiger partial charge in [-0.2, -0.15) is 4.91 Å². The van der Waals surface area contributed by atoms with Gasteiger partial charge in [0.1, 0.15) is 28.3 Å². The highest BCUT2D eigenvalue weighted by atomic mass is 16.3. The summed E-state index contributed by atoms with van der Waals surface area (Å²) in [6.45, 7) is 1.99. The van der Waals surface area contributed by atoms with E-state index >= 15 is 0 Å². The Hall–Kier alpha value is -2.06. The molecule has 0 saturated heterocycles. The van der Waals surface area contributed by atoms with Crippen LogP contribution in [0, 0.1) is 4.91 Å². The van der Waals surface area contributed by atoms with E-state index in [0.717, 1.165) is 12.0 Å². The second-order valence-electron chi connectivity index (χ2n) is 11.4. The van der Waals surface area contributed by atoms with Gasteiger partial charge in [0.2, 0.25) is 0 Å². The summed E-state index contributed by atoms with van der Waals surface area (Å²) >= 11 is 0. The number of aryl methyl sites for hydroxylation is 1. The molecule has 1 unspecified atom stereocenters. The Morgan fingerprint density at radius 1 is 0.683 bits per heavy atom. The maximum atomic E-state index is 10.8. The van der Waals surface area contributed by atoms with Gasteiger partial charge in [0.15, 0.2) is 11.4 Å². The SMILES string of the molecule is CCCC(N)(CCc1ccc(NC(N)(N)C(N)(N)C(N)(N)C(N)(N)C(N)(N)C(N)(N)C(N)(N)C(N)N)cc1)CN=O. The van der Waals surface area contributed by atoms with E-state index in [0.29, 0.717) is 24.9 Å². The van der Waals surface area contributed by atoms with E-state index in [-0.39, 0.29) is 6.54 Å². The molecule has 20 heteroatoms. The van der Waals surface area contributed by atoms with E-state index in [2.05, 4.69) is 10.5 Å². The summed E-state index contributed by atoms with van der Waals surface area (Å²) in [6, 6.07) is 6.79. The van der Waals surface area contributed by atoms with Crippen molar-refractivity contribution in [3.05, 3.63) is 34.7 Å². The molecule has 0 heterocycles. The van der Waals surface area contributed by atoms with Gasteiger partial charge in [-0.05, 0) is 37.0 Å². The minimum atomic E-state index is -2.81. The van der Waals surface area contributed by atoms with Crippen molar-refractivity contribution in [1.82, 2.24) is 0 Å². The zero-order chi connectivity index (χ0) is 32.5. The van der Waals surface area contributed by atoms with Crippen LogP contribution in [-0.2, 0) is 6.42 Å². The van der Waals surface area contributed by atoms with Crippen LogP contribution in [0.5, 0.6) is 0 Å². The molecule has 0 aliphatic carbocycles. The molecule has 1 aromatic rings. The van der Waals surface area contributed by atoms with E-state index in [4.69, 9.17) is 97.5 Å². The lowest BCUT2D eigenvalue weighted by atomic mass is 9.66. The van der Waals surface area contributed by atoms with Crippen molar-refractivity contribution < 1.29 is 0 Å². The molecule has 0 aliphatic rings. The summed E-state index contributed by atoms with van der Waals surface area (Å²) in [5.74, 6) is -2.35. The third-order valence-electron chi connectivity index (χ3n) is 8.03. The van der Waals surface area contributed by atoms with Crippen molar-refractivity contribution in [2.75, 3.05) is 11.9 Å². The average molecular weight is 588 g/mol. The molecule has 0 saturated carbocycles. The standard InChI is InChI=1S/C21H53N19O/c1-2-8-14(24,10-39-41)9-7-11-3-5-12(6-4-11)40-21(37,38)20(35,36)19(33,34)18(31,32)17(29,30)16(27,28)15(25,26)13(22)23/h3-6,13,40H,2,7-10,22-38H2,1H3. The second-order valence-corrected chi connectivity index (χ2v) is 11.4. The topological polar surface area (TPSA) is 484 Å². The maximum absolute atomic E-state index is 10.8. The Kier molecular flexibility index (Phi) is 10.7. The predicted octanol–water partition coefficient (Wildman–Crippen LogP) is -8.21. The van der Waals surface area contributed by atoms with Gasteiger partial charge in [-0.25, -0.2) is 0 Å². The third-order valence-corrected chi connectivity index (χ3v) is 8.03. The second kappa shape index (κ2) is 11.9. The van der Waals surface area contributed by atoms with Gasteiger partial charge in [0, 0.05) is 11.2 Å². The van der Waals surface area contributed by atoms with Crippen molar-refractivity contribution in [3.63, 3.8) is 0 Å². The number of hydrogen-bond acceptors (Lipinski definition) is 20. The van der Waals surface area contributed by atoms with Gasteiger partial charge < -0.3 is 91.3 Å². The quantitative estimate of drug-likeness (QED) is 0.0629. The highest BCUT2D eigenvalue weighted by Crippen LogP contribution is 2.32. The highest BCUT2D eigenvalue weighted by Gasteiger charge is 2.71. The molecule has 0 spiro atoms. The van der Waals surface area contributed by atoms with Crippen LogP contribution in [0.3, 0.4) is 0 Å². The van der Waals surface area contributed by atoms with Gasteiger partial charge in [0.05, 0.1) is 12.7 Å². The van der Waals surface area contributed by atoms with Crippen LogP contribution in [-0.4, -0.2) is 58.0 Å². The molecule has 1 aromatic carbocycles. The van der Waals surface area contributed by atoms with E-state index in [1.54, 1.807) is 24.3 Å². The molecule has 20 nitrogen and oxygen atoms in total. The molecule has 0 bridgehead atoms. The maximum Gasteiger partial charge on any atom is 0.174 e. The molecule has 1 atom stereocenters. The molecule has 0 amide bonds. The number of nitroso groups, excluding NO2 is 1. The lowest BCUT2D eigenvalue weighted by Crippen LogP contribution is -3.07. The summed E-state index contributed by atoms with van der Waals surface area (Å²) in [5, 5.41) is 5.71. The summed E-state index contributed by atoms with van der Waals surface area (Å²) < 4.78 is 0. The number of hydrogen-bond donors (Lipinski definition) is 18. The molecular formula is C21H53N19O. The lowest BCUT2D eigenvalue weighted by Gasteiger charge is -2.63. The molecule has 35 N–H and O–H groups in total. The number of anilines is 1. The number of nitrogens with two attached hydrogens (primary N) is 17. The lowest BCUT2D eigenvalue weighted by molar-refractivity contribution is -0.0313. The number of nitrogens with one attached hydrogen (secondary N) is 1. The molecule has 41 heavy (non-hydrogen) atoms. The molecule has 238 valence electrons. The zero-order valence-corrected chi connectivity index (χ0v) is 23.6. The fourth-order valence-electron chi connectivity index (χ4n) is 4.40. The van der Waals surface area contributed by atoms with Crippen molar-refractivity contribution in [2.24, 2.45) is 103 Å². The Labute approximate surface area is 239 Å². The van der Waals surface area contributed by atoms with Gasteiger partial charge in [0.25, 0.3) is 0 Å². The molecule has 1 rings (SSSR count). The largest absolute Gasteiger partial charge is 0.353 e. The summed E-state index contributed by atoms with van der Waals surface area (Å²) in [5.41, 5.74) is 88.7. The first kappa shape index (κ1) is 37.0. The van der Waals surface area contributed by atoms with Gasteiger partial charge in [-0.1, -0.05) is 30.7 Å². The molecular weight excluding hydrogens is 534 g/mol. The van der Waals surface area contributed by atoms with Crippen LogP contribution < -0.4 is 103 Å². The predicted molar refractivity (Wildman–Crippen MR) is 161 cm³/mol. The van der Waals surface area contributed by atoms with Crippen LogP contribution in [0.2, 0.25) is 0 Å². The van der Waals surface area contributed by atoms with Gasteiger partial charge in [-0.15, -0.1) is 0 Å².